The maximum absolute atomic E-state index is 11.7. The van der Waals surface area contributed by atoms with E-state index in [1.807, 2.05) is 24.5 Å². The van der Waals surface area contributed by atoms with Gasteiger partial charge in [0.05, 0.1) is 5.36 Å². The highest BCUT2D eigenvalue weighted by molar-refractivity contribution is 7.98. The van der Waals surface area contributed by atoms with Gasteiger partial charge in [-0.15, -0.1) is 11.8 Å². The molecule has 0 fully saturated rings. The van der Waals surface area contributed by atoms with Crippen LogP contribution < -0.4 is 10.7 Å². The number of aromatic nitrogens is 1. The number of hydrogen-bond donors (Lipinski definition) is 2. The lowest BCUT2D eigenvalue weighted by molar-refractivity contribution is 0.159. The van der Waals surface area contributed by atoms with E-state index in [9.17, 15) is 10.0 Å². The van der Waals surface area contributed by atoms with Gasteiger partial charge in [-0.1, -0.05) is 18.2 Å². The molecule has 0 unspecified atom stereocenters. The number of hydrogen-bond acceptors (Lipinski definition) is 3. The van der Waals surface area contributed by atoms with Gasteiger partial charge in [0.25, 0.3) is 0 Å². The lowest BCUT2D eigenvalue weighted by Crippen LogP contribution is -2.14. The van der Waals surface area contributed by atoms with E-state index >= 15 is 0 Å². The van der Waals surface area contributed by atoms with Gasteiger partial charge in [-0.25, -0.2) is 4.79 Å². The predicted octanol–water partition coefficient (Wildman–Crippen LogP) is 2.58. The molecule has 1 aromatic carbocycles. The van der Waals surface area contributed by atoms with Gasteiger partial charge in [0, 0.05) is 11.9 Å². The van der Waals surface area contributed by atoms with Crippen molar-refractivity contribution in [3.05, 3.63) is 54.0 Å². The number of para-hydroxylation sites is 1. The fraction of sp³-hybridized carbons (Fsp3) is 0.0769. The molecule has 0 radical (unpaired) electrons. The molecule has 1 heterocycles. The summed E-state index contributed by atoms with van der Waals surface area (Å²) in [4.78, 5) is 15.6. The number of carbonyl (C=O) groups excluding carboxylic acids is 1. The van der Waals surface area contributed by atoms with Gasteiger partial charge in [-0.2, -0.15) is 9.72 Å². The zero-order valence-corrected chi connectivity index (χ0v) is 11.1. The fourth-order valence-corrected chi connectivity index (χ4v) is 1.96. The summed E-state index contributed by atoms with van der Waals surface area (Å²) in [5.41, 5.74) is 0.689. The van der Waals surface area contributed by atoms with E-state index in [0.29, 0.717) is 16.1 Å². The molecule has 0 aliphatic heterocycles. The first kappa shape index (κ1) is 13.2. The number of pyridine rings is 1. The van der Waals surface area contributed by atoms with Crippen LogP contribution in [0.5, 0.6) is 0 Å². The summed E-state index contributed by atoms with van der Waals surface area (Å²) in [7, 11) is 0. The molecule has 0 aliphatic rings. The zero-order valence-electron chi connectivity index (χ0n) is 10.3. The average Bonchev–Trinajstić information content (AvgIpc) is 2.42. The quantitative estimate of drug-likeness (QED) is 0.654. The summed E-state index contributed by atoms with van der Waals surface area (Å²) in [5.74, 6) is 0. The molecule has 0 atom stereocenters. The standard InChI is InChI=1S/C13H13N3O2S/c1-19-12-9-11(7-8-16(12)18)15-13(17)14-10-5-3-2-4-6-10/h2-9,18H,1H3,(H,14,17)/b15-11+. The van der Waals surface area contributed by atoms with Crippen molar-refractivity contribution in [2.75, 3.05) is 11.6 Å². The van der Waals surface area contributed by atoms with Crippen LogP contribution >= 0.6 is 11.8 Å². The molecule has 0 spiro atoms. The molecule has 2 aromatic rings. The highest BCUT2D eigenvalue weighted by Gasteiger charge is 2.00. The first-order valence-electron chi connectivity index (χ1n) is 5.56. The van der Waals surface area contributed by atoms with E-state index in [0.717, 1.165) is 4.73 Å². The van der Waals surface area contributed by atoms with Crippen LogP contribution in [0.1, 0.15) is 0 Å². The van der Waals surface area contributed by atoms with E-state index in [1.54, 1.807) is 24.3 Å². The lowest BCUT2D eigenvalue weighted by atomic mass is 10.3. The minimum Gasteiger partial charge on any atom is -0.428 e. The molecular formula is C13H13N3O2S. The highest BCUT2D eigenvalue weighted by Crippen LogP contribution is 2.09. The maximum atomic E-state index is 11.7. The molecule has 0 aliphatic carbocycles. The molecule has 0 saturated heterocycles. The summed E-state index contributed by atoms with van der Waals surface area (Å²) >= 11 is 1.36. The largest absolute Gasteiger partial charge is 0.428 e. The third kappa shape index (κ3) is 3.62. The topological polar surface area (TPSA) is 66.6 Å². The van der Waals surface area contributed by atoms with Crippen LogP contribution in [0, 0.1) is 0 Å². The Morgan fingerprint density at radius 2 is 2.05 bits per heavy atom. The van der Waals surface area contributed by atoms with E-state index in [-0.39, 0.29) is 0 Å². The third-order valence-corrected chi connectivity index (χ3v) is 3.07. The van der Waals surface area contributed by atoms with E-state index in [4.69, 9.17) is 0 Å². The van der Waals surface area contributed by atoms with Crippen LogP contribution in [0.2, 0.25) is 0 Å². The minimum absolute atomic E-state index is 0.450. The van der Waals surface area contributed by atoms with Crippen LogP contribution in [0.25, 0.3) is 0 Å². The fourth-order valence-electron chi connectivity index (χ4n) is 1.47. The molecule has 19 heavy (non-hydrogen) atoms. The van der Waals surface area contributed by atoms with Gasteiger partial charge in [0.2, 0.25) is 0 Å². The number of nitrogens with zero attached hydrogens (tertiary/aromatic N) is 2. The number of thioether (sulfide) groups is 1. The monoisotopic (exact) mass is 275 g/mol. The average molecular weight is 275 g/mol. The second-order valence-corrected chi connectivity index (χ2v) is 4.51. The van der Waals surface area contributed by atoms with Crippen molar-refractivity contribution in [1.82, 2.24) is 4.73 Å². The van der Waals surface area contributed by atoms with Gasteiger partial charge in [-0.3, -0.25) is 0 Å². The van der Waals surface area contributed by atoms with Gasteiger partial charge in [0.1, 0.15) is 5.03 Å². The smallest absolute Gasteiger partial charge is 0.345 e. The molecule has 2 N–H and O–H groups in total. The zero-order chi connectivity index (χ0) is 13.7. The Kier molecular flexibility index (Phi) is 4.25. The summed E-state index contributed by atoms with van der Waals surface area (Å²) in [5, 5.41) is 13.2. The first-order valence-corrected chi connectivity index (χ1v) is 6.78. The van der Waals surface area contributed by atoms with Gasteiger partial charge < -0.3 is 10.5 Å². The summed E-state index contributed by atoms with van der Waals surface area (Å²) in [6.07, 6.45) is 3.27. The normalized spacial score (nSPS) is 11.3. The first-order chi connectivity index (χ1) is 9.19. The van der Waals surface area contributed by atoms with Crippen LogP contribution in [0.4, 0.5) is 10.5 Å². The Hall–Kier alpha value is -2.21. The van der Waals surface area contributed by atoms with Crippen LogP contribution in [0.15, 0.2) is 58.7 Å². The second-order valence-electron chi connectivity index (χ2n) is 3.68. The van der Waals surface area contributed by atoms with Crippen molar-refractivity contribution in [2.24, 2.45) is 4.99 Å². The number of urea groups is 1. The number of rotatable bonds is 2. The van der Waals surface area contributed by atoms with Gasteiger partial charge in [-0.05, 0) is 30.5 Å². The van der Waals surface area contributed by atoms with Crippen molar-refractivity contribution in [1.29, 1.82) is 0 Å². The minimum atomic E-state index is -0.450. The Balaban J connectivity index is 2.19. The molecule has 0 saturated carbocycles. The van der Waals surface area contributed by atoms with Gasteiger partial charge >= 0.3 is 6.03 Å². The maximum Gasteiger partial charge on any atom is 0.345 e. The molecule has 0 bridgehead atoms. The van der Waals surface area contributed by atoms with Crippen LogP contribution in [-0.2, 0) is 0 Å². The van der Waals surface area contributed by atoms with Crippen LogP contribution in [-0.4, -0.2) is 22.2 Å². The molecule has 2 rings (SSSR count). The molecule has 2 amide bonds. The number of carbonyl (C=O) groups is 1. The van der Waals surface area contributed by atoms with Crippen molar-refractivity contribution in [3.63, 3.8) is 0 Å². The van der Waals surface area contributed by atoms with Crippen molar-refractivity contribution >= 4 is 23.5 Å². The highest BCUT2D eigenvalue weighted by atomic mass is 32.2. The van der Waals surface area contributed by atoms with E-state index < -0.39 is 6.03 Å². The molecule has 98 valence electrons. The number of amides is 2. The van der Waals surface area contributed by atoms with Crippen molar-refractivity contribution in [3.8, 4) is 0 Å². The number of anilines is 1. The van der Waals surface area contributed by atoms with Crippen molar-refractivity contribution in [2.45, 2.75) is 5.03 Å². The van der Waals surface area contributed by atoms with Gasteiger partial charge in [0.15, 0.2) is 0 Å². The summed E-state index contributed by atoms with van der Waals surface area (Å²) in [6.45, 7) is 0. The third-order valence-electron chi connectivity index (χ3n) is 2.35. The SMILES string of the molecule is CSc1c/c(=N/C(=O)Nc2ccccc2)ccn1O. The van der Waals surface area contributed by atoms with Crippen LogP contribution in [0.3, 0.4) is 0 Å². The van der Waals surface area contributed by atoms with E-state index in [1.165, 1.54) is 18.0 Å². The Morgan fingerprint density at radius 3 is 2.74 bits per heavy atom. The Bertz CT molecular complexity index is 638. The lowest BCUT2D eigenvalue weighted by Gasteiger charge is -2.03. The molecule has 6 heteroatoms. The van der Waals surface area contributed by atoms with E-state index in [2.05, 4.69) is 10.3 Å². The van der Waals surface area contributed by atoms with Crippen molar-refractivity contribution < 1.29 is 10.0 Å². The summed E-state index contributed by atoms with van der Waals surface area (Å²) < 4.78 is 0.985. The Labute approximate surface area is 114 Å². The second kappa shape index (κ2) is 6.10. The number of benzene rings is 1. The molecule has 5 nitrogen and oxygen atoms in total. The molecule has 1 aromatic heterocycles. The molecular weight excluding hydrogens is 262 g/mol. The Morgan fingerprint density at radius 1 is 1.32 bits per heavy atom. The predicted molar refractivity (Wildman–Crippen MR) is 74.4 cm³/mol. The number of nitrogens with one attached hydrogen (secondary N) is 1. The summed E-state index contributed by atoms with van der Waals surface area (Å²) in [6, 6.07) is 11.8.